The lowest BCUT2D eigenvalue weighted by atomic mass is 9.89. The average Bonchev–Trinajstić information content (AvgIpc) is 3.27. The Morgan fingerprint density at radius 3 is 2.71 bits per heavy atom. The highest BCUT2D eigenvalue weighted by Gasteiger charge is 2.30. The molecule has 180 valence electrons. The van der Waals surface area contributed by atoms with Gasteiger partial charge in [-0.3, -0.25) is 9.59 Å². The van der Waals surface area contributed by atoms with Gasteiger partial charge in [0, 0.05) is 16.6 Å². The summed E-state index contributed by atoms with van der Waals surface area (Å²) in [4.78, 5) is 33.0. The Morgan fingerprint density at radius 2 is 1.91 bits per heavy atom. The van der Waals surface area contributed by atoms with Gasteiger partial charge < -0.3 is 10.3 Å². The molecule has 0 radical (unpaired) electrons. The highest BCUT2D eigenvalue weighted by atomic mass is 32.2. The van der Waals surface area contributed by atoms with E-state index in [0.717, 1.165) is 47.9 Å². The van der Waals surface area contributed by atoms with Crippen LogP contribution in [0.25, 0.3) is 21.3 Å². The number of alkyl halides is 3. The second kappa shape index (κ2) is 9.50. The summed E-state index contributed by atoms with van der Waals surface area (Å²) in [6.07, 6.45) is 0.0147. The third-order valence-electron chi connectivity index (χ3n) is 5.90. The number of carbonyl (C=O) groups excluding carboxylic acids is 1. The number of benzene rings is 2. The van der Waals surface area contributed by atoms with E-state index < -0.39 is 17.6 Å². The number of thioether (sulfide) groups is 1. The molecular weight excluding hydrogens is 495 g/mol. The summed E-state index contributed by atoms with van der Waals surface area (Å²) < 4.78 is 38.6. The minimum absolute atomic E-state index is 0.0512. The van der Waals surface area contributed by atoms with Crippen molar-refractivity contribution in [3.63, 3.8) is 0 Å². The van der Waals surface area contributed by atoms with E-state index in [9.17, 15) is 22.8 Å². The second-order valence-corrected chi connectivity index (χ2v) is 10.1. The first-order valence-corrected chi connectivity index (χ1v) is 12.9. The van der Waals surface area contributed by atoms with E-state index in [2.05, 4.69) is 27.4 Å². The number of amides is 1. The number of nitrogens with one attached hydrogen (secondary N) is 2. The highest BCUT2D eigenvalue weighted by molar-refractivity contribution is 7.99. The minimum Gasteiger partial charge on any atom is -0.325 e. The van der Waals surface area contributed by atoms with E-state index in [1.54, 1.807) is 0 Å². The van der Waals surface area contributed by atoms with Gasteiger partial charge >= 0.3 is 6.18 Å². The first-order valence-electron chi connectivity index (χ1n) is 11.0. The molecule has 5 nitrogen and oxygen atoms in total. The Morgan fingerprint density at radius 1 is 1.11 bits per heavy atom. The van der Waals surface area contributed by atoms with Gasteiger partial charge in [-0.1, -0.05) is 36.0 Å². The molecule has 35 heavy (non-hydrogen) atoms. The molecule has 0 unspecified atom stereocenters. The molecule has 10 heteroatoms. The lowest BCUT2D eigenvalue weighted by molar-refractivity contribution is -0.137. The third-order valence-corrected chi connectivity index (χ3v) is 7.64. The molecule has 0 saturated carbocycles. The van der Waals surface area contributed by atoms with Gasteiger partial charge in [0.2, 0.25) is 5.91 Å². The van der Waals surface area contributed by atoms with E-state index in [4.69, 9.17) is 0 Å². The molecule has 1 aliphatic carbocycles. The van der Waals surface area contributed by atoms with Gasteiger partial charge in [-0.25, -0.2) is 4.98 Å². The van der Waals surface area contributed by atoms with Crippen LogP contribution >= 0.6 is 23.1 Å². The number of halogens is 3. The maximum absolute atomic E-state index is 12.9. The predicted molar refractivity (Wildman–Crippen MR) is 133 cm³/mol. The van der Waals surface area contributed by atoms with Crippen molar-refractivity contribution in [3.8, 4) is 11.1 Å². The van der Waals surface area contributed by atoms with Crippen molar-refractivity contribution in [1.29, 1.82) is 0 Å². The lowest BCUT2D eigenvalue weighted by Crippen LogP contribution is -2.16. The van der Waals surface area contributed by atoms with Crippen molar-refractivity contribution in [3.05, 3.63) is 74.9 Å². The average molecular weight is 516 g/mol. The van der Waals surface area contributed by atoms with Crippen LogP contribution in [0, 0.1) is 0 Å². The summed E-state index contributed by atoms with van der Waals surface area (Å²) in [5, 5.41) is 5.17. The fourth-order valence-electron chi connectivity index (χ4n) is 4.22. The lowest BCUT2D eigenvalue weighted by Gasteiger charge is -2.16. The standard InChI is InChI=1S/C25H20F3N3O2S2/c26-25(27,28)17-6-3-7-18(11-17)29-20(32)13-35-24-30-22(33)21-19(12-34-23(21)31-24)16-9-8-14-4-1-2-5-15(14)10-16/h3,6-12H,1-2,4-5,13H2,(H,29,32)(H,30,31,33). The zero-order valence-electron chi connectivity index (χ0n) is 18.4. The Bertz CT molecular complexity index is 1480. The Kier molecular flexibility index (Phi) is 6.41. The maximum atomic E-state index is 12.9. The van der Waals surface area contributed by atoms with Gasteiger partial charge in [0.1, 0.15) is 4.83 Å². The maximum Gasteiger partial charge on any atom is 0.416 e. The third kappa shape index (κ3) is 5.13. The summed E-state index contributed by atoms with van der Waals surface area (Å²) in [7, 11) is 0. The zero-order valence-corrected chi connectivity index (χ0v) is 20.0. The molecule has 4 aromatic rings. The Labute approximate surface area is 206 Å². The topological polar surface area (TPSA) is 74.8 Å². The molecule has 0 bridgehead atoms. The van der Waals surface area contributed by atoms with Gasteiger partial charge in [-0.15, -0.1) is 11.3 Å². The molecule has 0 atom stereocenters. The molecule has 1 amide bonds. The van der Waals surface area contributed by atoms with Crippen molar-refractivity contribution in [1.82, 2.24) is 9.97 Å². The van der Waals surface area contributed by atoms with Crippen LogP contribution in [0.4, 0.5) is 18.9 Å². The van der Waals surface area contributed by atoms with Crippen LogP contribution in [0.15, 0.2) is 57.8 Å². The number of hydrogen-bond acceptors (Lipinski definition) is 5. The van der Waals surface area contributed by atoms with Crippen molar-refractivity contribution in [2.45, 2.75) is 37.0 Å². The molecule has 0 fully saturated rings. The normalized spacial score (nSPS) is 13.6. The number of aryl methyl sites for hydroxylation is 2. The molecule has 1 aliphatic rings. The number of H-pyrrole nitrogens is 1. The number of rotatable bonds is 5. The summed E-state index contributed by atoms with van der Waals surface area (Å²) in [5.74, 6) is -0.619. The molecule has 0 saturated heterocycles. The summed E-state index contributed by atoms with van der Waals surface area (Å²) >= 11 is 2.38. The zero-order chi connectivity index (χ0) is 24.6. The van der Waals surface area contributed by atoms with Crippen LogP contribution in [0.3, 0.4) is 0 Å². The smallest absolute Gasteiger partial charge is 0.325 e. The number of nitrogens with zero attached hydrogens (tertiary/aromatic N) is 1. The van der Waals surface area contributed by atoms with Crippen molar-refractivity contribution in [2.24, 2.45) is 0 Å². The summed E-state index contributed by atoms with van der Waals surface area (Å²) in [5.41, 5.74) is 3.45. The van der Waals surface area contributed by atoms with E-state index in [0.29, 0.717) is 10.2 Å². The fraction of sp³-hybridized carbons (Fsp3) is 0.240. The van der Waals surface area contributed by atoms with Crippen molar-refractivity contribution < 1.29 is 18.0 Å². The number of hydrogen-bond donors (Lipinski definition) is 2. The minimum atomic E-state index is -4.49. The summed E-state index contributed by atoms with van der Waals surface area (Å²) in [6, 6.07) is 10.8. The van der Waals surface area contributed by atoms with E-state index in [1.165, 1.54) is 47.4 Å². The van der Waals surface area contributed by atoms with Crippen LogP contribution in [0.2, 0.25) is 0 Å². The molecule has 2 heterocycles. The van der Waals surface area contributed by atoms with Gasteiger partial charge in [-0.2, -0.15) is 13.2 Å². The van der Waals surface area contributed by atoms with Gasteiger partial charge in [0.25, 0.3) is 5.56 Å². The number of aromatic amines is 1. The SMILES string of the molecule is O=C(CSc1nc2scc(-c3ccc4c(c3)CCCC4)c2c(=O)[nH]1)Nc1cccc(C(F)(F)F)c1. The molecular formula is C25H20F3N3O2S2. The molecule has 2 aromatic heterocycles. The number of anilines is 1. The van der Waals surface area contributed by atoms with E-state index >= 15 is 0 Å². The number of aromatic nitrogens is 2. The van der Waals surface area contributed by atoms with Crippen molar-refractivity contribution >= 4 is 44.9 Å². The highest BCUT2D eigenvalue weighted by Crippen LogP contribution is 2.34. The first kappa shape index (κ1) is 23.6. The first-order chi connectivity index (χ1) is 16.8. The van der Waals surface area contributed by atoms with Gasteiger partial charge in [0.15, 0.2) is 5.16 Å². The van der Waals surface area contributed by atoms with Crippen LogP contribution in [-0.4, -0.2) is 21.6 Å². The van der Waals surface area contributed by atoms with E-state index in [1.807, 2.05) is 11.4 Å². The van der Waals surface area contributed by atoms with Crippen LogP contribution in [0.1, 0.15) is 29.5 Å². The molecule has 2 aromatic carbocycles. The molecule has 5 rings (SSSR count). The Balaban J connectivity index is 1.31. The van der Waals surface area contributed by atoms with Crippen LogP contribution < -0.4 is 10.9 Å². The number of carbonyl (C=O) groups is 1. The van der Waals surface area contributed by atoms with Gasteiger partial charge in [-0.05, 0) is 60.6 Å². The molecule has 0 aliphatic heterocycles. The summed E-state index contributed by atoms with van der Waals surface area (Å²) in [6.45, 7) is 0. The quantitative estimate of drug-likeness (QED) is 0.242. The molecule has 2 N–H and O–H groups in total. The second-order valence-electron chi connectivity index (χ2n) is 8.31. The fourth-order valence-corrected chi connectivity index (χ4v) is 5.88. The van der Waals surface area contributed by atoms with Gasteiger partial charge in [0.05, 0.1) is 16.7 Å². The number of fused-ring (bicyclic) bond motifs is 2. The number of thiophene rings is 1. The monoisotopic (exact) mass is 515 g/mol. The van der Waals surface area contributed by atoms with Crippen LogP contribution in [-0.2, 0) is 23.8 Å². The largest absolute Gasteiger partial charge is 0.416 e. The predicted octanol–water partition coefficient (Wildman–Crippen LogP) is 6.28. The van der Waals surface area contributed by atoms with E-state index in [-0.39, 0.29) is 22.2 Å². The van der Waals surface area contributed by atoms with Crippen LogP contribution in [0.5, 0.6) is 0 Å². The van der Waals surface area contributed by atoms with Crippen molar-refractivity contribution in [2.75, 3.05) is 11.1 Å². The Hall–Kier alpha value is -3.11. The molecule has 0 spiro atoms.